The van der Waals surface area contributed by atoms with Gasteiger partial charge in [0.1, 0.15) is 11.8 Å². The van der Waals surface area contributed by atoms with E-state index >= 15 is 0 Å². The van der Waals surface area contributed by atoms with Gasteiger partial charge in [-0.2, -0.15) is 5.26 Å². The zero-order chi connectivity index (χ0) is 20.1. The molecule has 0 unspecified atom stereocenters. The van der Waals surface area contributed by atoms with Crippen molar-refractivity contribution in [3.8, 4) is 11.8 Å². The first-order valence-electron chi connectivity index (χ1n) is 9.02. The Morgan fingerprint density at radius 1 is 1.25 bits per heavy atom. The molecule has 0 bridgehead atoms. The second-order valence-corrected chi connectivity index (χ2v) is 7.37. The Bertz CT molecular complexity index is 918. The minimum Gasteiger partial charge on any atom is -0.494 e. The van der Waals surface area contributed by atoms with Gasteiger partial charge in [0.2, 0.25) is 5.91 Å². The van der Waals surface area contributed by atoms with Crippen LogP contribution >= 0.6 is 23.2 Å². The van der Waals surface area contributed by atoms with Gasteiger partial charge in [-0.05, 0) is 55.7 Å². The minimum absolute atomic E-state index is 0.222. The summed E-state index contributed by atoms with van der Waals surface area (Å²) < 4.78 is 10.9. The molecule has 1 N–H and O–H groups in total. The highest BCUT2D eigenvalue weighted by atomic mass is 35.5. The second-order valence-electron chi connectivity index (χ2n) is 6.52. The molecule has 7 heteroatoms. The molecule has 0 atom stereocenters. The second kappa shape index (κ2) is 8.83. The van der Waals surface area contributed by atoms with Crippen molar-refractivity contribution in [3.63, 3.8) is 0 Å². The fraction of sp³-hybridized carbons (Fsp3) is 0.333. The molecular weight excluding hydrogens is 399 g/mol. The maximum Gasteiger partial charge on any atom is 0.235 e. The SMILES string of the molecule is CCOc1ccc(NC(=O)C2(c3ccc(Cl)cc3Cl)CCOCC2)c(C#N)c1. The largest absolute Gasteiger partial charge is 0.494 e. The van der Waals surface area contributed by atoms with Gasteiger partial charge in [0.25, 0.3) is 0 Å². The number of nitrogens with zero attached hydrogens (tertiary/aromatic N) is 1. The summed E-state index contributed by atoms with van der Waals surface area (Å²) in [5.41, 5.74) is 0.630. The first-order valence-corrected chi connectivity index (χ1v) is 9.77. The van der Waals surface area contributed by atoms with Crippen molar-refractivity contribution < 1.29 is 14.3 Å². The van der Waals surface area contributed by atoms with Gasteiger partial charge in [0.15, 0.2) is 0 Å². The van der Waals surface area contributed by atoms with Crippen molar-refractivity contribution >= 4 is 34.8 Å². The molecule has 0 aliphatic carbocycles. The Morgan fingerprint density at radius 2 is 2.00 bits per heavy atom. The first-order chi connectivity index (χ1) is 13.5. The van der Waals surface area contributed by atoms with E-state index in [0.717, 1.165) is 0 Å². The normalized spacial score (nSPS) is 15.5. The van der Waals surface area contributed by atoms with Crippen LogP contribution in [0, 0.1) is 11.3 Å². The minimum atomic E-state index is -0.856. The fourth-order valence-electron chi connectivity index (χ4n) is 3.44. The quantitative estimate of drug-likeness (QED) is 0.745. The fourth-order valence-corrected chi connectivity index (χ4v) is 4.03. The number of nitriles is 1. The third kappa shape index (κ3) is 4.10. The monoisotopic (exact) mass is 418 g/mol. The summed E-state index contributed by atoms with van der Waals surface area (Å²) >= 11 is 12.5. The summed E-state index contributed by atoms with van der Waals surface area (Å²) in [6.45, 7) is 3.25. The van der Waals surface area contributed by atoms with Crippen molar-refractivity contribution in [2.75, 3.05) is 25.1 Å². The van der Waals surface area contributed by atoms with Crippen molar-refractivity contribution in [1.29, 1.82) is 5.26 Å². The third-order valence-corrected chi connectivity index (χ3v) is 5.45. The van der Waals surface area contributed by atoms with E-state index in [1.807, 2.05) is 6.92 Å². The molecule has 1 aliphatic heterocycles. The maximum absolute atomic E-state index is 13.4. The van der Waals surface area contributed by atoms with Gasteiger partial charge in [-0.1, -0.05) is 29.3 Å². The maximum atomic E-state index is 13.4. The summed E-state index contributed by atoms with van der Waals surface area (Å²) in [5, 5.41) is 13.3. The Hall–Kier alpha value is -2.26. The number of halogens is 2. The van der Waals surface area contributed by atoms with Gasteiger partial charge in [-0.15, -0.1) is 0 Å². The average molecular weight is 419 g/mol. The van der Waals surface area contributed by atoms with Gasteiger partial charge in [-0.25, -0.2) is 0 Å². The number of rotatable bonds is 5. The van der Waals surface area contributed by atoms with Crippen LogP contribution in [0.25, 0.3) is 0 Å². The van der Waals surface area contributed by atoms with E-state index in [4.69, 9.17) is 32.7 Å². The van der Waals surface area contributed by atoms with Crippen LogP contribution in [-0.2, 0) is 14.9 Å². The van der Waals surface area contributed by atoms with Crippen molar-refractivity contribution in [3.05, 3.63) is 57.6 Å². The summed E-state index contributed by atoms with van der Waals surface area (Å²) in [6, 6.07) is 12.3. The van der Waals surface area contributed by atoms with E-state index < -0.39 is 5.41 Å². The molecule has 0 spiro atoms. The van der Waals surface area contributed by atoms with Crippen molar-refractivity contribution in [2.24, 2.45) is 0 Å². The molecule has 1 amide bonds. The molecule has 0 saturated carbocycles. The molecule has 1 heterocycles. The van der Waals surface area contributed by atoms with Crippen LogP contribution in [0.5, 0.6) is 5.75 Å². The molecule has 1 fully saturated rings. The molecule has 0 radical (unpaired) electrons. The Labute approximate surface area is 174 Å². The van der Waals surface area contributed by atoms with E-state index in [-0.39, 0.29) is 5.91 Å². The summed E-state index contributed by atoms with van der Waals surface area (Å²) in [5.74, 6) is 0.360. The molecule has 0 aromatic heterocycles. The van der Waals surface area contributed by atoms with Crippen LogP contribution < -0.4 is 10.1 Å². The standard InChI is InChI=1S/C21H20Cl2N2O3/c1-2-28-16-4-6-19(14(11-16)13-24)25-20(26)21(7-9-27-10-8-21)17-5-3-15(22)12-18(17)23/h3-6,11-12H,2,7-10H2,1H3,(H,25,26). The lowest BCUT2D eigenvalue weighted by Gasteiger charge is -2.37. The van der Waals surface area contributed by atoms with Crippen molar-refractivity contribution in [1.82, 2.24) is 0 Å². The zero-order valence-corrected chi connectivity index (χ0v) is 16.9. The third-order valence-electron chi connectivity index (χ3n) is 4.90. The zero-order valence-electron chi connectivity index (χ0n) is 15.4. The van der Waals surface area contributed by atoms with Crippen LogP contribution in [0.2, 0.25) is 10.0 Å². The Morgan fingerprint density at radius 3 is 2.64 bits per heavy atom. The van der Waals surface area contributed by atoms with Crippen LogP contribution in [0.1, 0.15) is 30.9 Å². The van der Waals surface area contributed by atoms with Gasteiger partial charge in [-0.3, -0.25) is 4.79 Å². The lowest BCUT2D eigenvalue weighted by Crippen LogP contribution is -2.45. The molecule has 28 heavy (non-hydrogen) atoms. The topological polar surface area (TPSA) is 71.3 Å². The van der Waals surface area contributed by atoms with E-state index in [2.05, 4.69) is 11.4 Å². The van der Waals surface area contributed by atoms with E-state index in [0.29, 0.717) is 65.3 Å². The summed E-state index contributed by atoms with van der Waals surface area (Å²) in [6.07, 6.45) is 0.970. The van der Waals surface area contributed by atoms with Gasteiger partial charge in [0.05, 0.1) is 23.3 Å². The van der Waals surface area contributed by atoms with E-state index in [1.165, 1.54) is 0 Å². The van der Waals surface area contributed by atoms with Gasteiger partial charge >= 0.3 is 0 Å². The lowest BCUT2D eigenvalue weighted by molar-refractivity contribution is -0.125. The number of carbonyl (C=O) groups excluding carboxylic acids is 1. The highest BCUT2D eigenvalue weighted by molar-refractivity contribution is 6.35. The number of amides is 1. The predicted octanol–water partition coefficient (Wildman–Crippen LogP) is 4.95. The molecule has 2 aromatic rings. The van der Waals surface area contributed by atoms with Crippen LogP contribution in [0.4, 0.5) is 5.69 Å². The van der Waals surface area contributed by atoms with Crippen LogP contribution in [-0.4, -0.2) is 25.7 Å². The number of ether oxygens (including phenoxy) is 2. The predicted molar refractivity (Wildman–Crippen MR) is 109 cm³/mol. The number of carbonyl (C=O) groups is 1. The molecule has 1 aliphatic rings. The Balaban J connectivity index is 1.96. The number of nitrogens with one attached hydrogen (secondary N) is 1. The number of hydrogen-bond donors (Lipinski definition) is 1. The number of benzene rings is 2. The van der Waals surface area contributed by atoms with Crippen LogP contribution in [0.15, 0.2) is 36.4 Å². The summed E-state index contributed by atoms with van der Waals surface area (Å²) in [4.78, 5) is 13.4. The van der Waals surface area contributed by atoms with E-state index in [9.17, 15) is 10.1 Å². The van der Waals surface area contributed by atoms with Gasteiger partial charge in [0, 0.05) is 23.3 Å². The average Bonchev–Trinajstić information content (AvgIpc) is 2.69. The lowest BCUT2D eigenvalue weighted by atomic mass is 9.73. The number of hydrogen-bond acceptors (Lipinski definition) is 4. The van der Waals surface area contributed by atoms with Crippen molar-refractivity contribution in [2.45, 2.75) is 25.2 Å². The molecule has 5 nitrogen and oxygen atoms in total. The number of anilines is 1. The molecule has 1 saturated heterocycles. The Kier molecular flexibility index (Phi) is 6.46. The van der Waals surface area contributed by atoms with Gasteiger partial charge < -0.3 is 14.8 Å². The highest BCUT2D eigenvalue weighted by Gasteiger charge is 2.43. The molecule has 146 valence electrons. The smallest absolute Gasteiger partial charge is 0.235 e. The highest BCUT2D eigenvalue weighted by Crippen LogP contribution is 2.41. The summed E-state index contributed by atoms with van der Waals surface area (Å²) in [7, 11) is 0. The molecule has 2 aromatic carbocycles. The molecule has 3 rings (SSSR count). The van der Waals surface area contributed by atoms with Crippen LogP contribution in [0.3, 0.4) is 0 Å². The van der Waals surface area contributed by atoms with E-state index in [1.54, 1.807) is 36.4 Å². The first kappa shape index (κ1) is 20.5. The molecular formula is C21H20Cl2N2O3.